The van der Waals surface area contributed by atoms with Crippen molar-refractivity contribution in [2.75, 3.05) is 12.8 Å². The summed E-state index contributed by atoms with van der Waals surface area (Å²) in [5.41, 5.74) is 2.61. The lowest BCUT2D eigenvalue weighted by Crippen LogP contribution is -2.18. The molecule has 20 heavy (non-hydrogen) atoms. The first kappa shape index (κ1) is 15.1. The van der Waals surface area contributed by atoms with Crippen LogP contribution in [0.15, 0.2) is 41.6 Å². The highest BCUT2D eigenvalue weighted by Gasteiger charge is 2.12. The zero-order chi connectivity index (χ0) is 14.4. The number of benzene rings is 1. The topological polar surface area (TPSA) is 29.9 Å². The van der Waals surface area contributed by atoms with Gasteiger partial charge in [-0.3, -0.25) is 4.68 Å². The molecule has 2 aromatic rings. The second-order valence-corrected chi connectivity index (χ2v) is 6.02. The molecule has 1 atom stereocenters. The van der Waals surface area contributed by atoms with Crippen molar-refractivity contribution in [2.45, 2.75) is 37.8 Å². The lowest BCUT2D eigenvalue weighted by atomic mass is 10.2. The Bertz CT molecular complexity index is 536. The van der Waals surface area contributed by atoms with Crippen molar-refractivity contribution < 1.29 is 0 Å². The van der Waals surface area contributed by atoms with Gasteiger partial charge in [-0.25, -0.2) is 0 Å². The Morgan fingerprint density at radius 2 is 2.15 bits per heavy atom. The van der Waals surface area contributed by atoms with E-state index in [0.717, 1.165) is 18.7 Å². The van der Waals surface area contributed by atoms with E-state index < -0.39 is 0 Å². The number of thioether (sulfide) groups is 1. The summed E-state index contributed by atoms with van der Waals surface area (Å²) in [7, 11) is 2.01. The minimum absolute atomic E-state index is 0.338. The second-order valence-electron chi connectivity index (χ2n) is 4.95. The zero-order valence-corrected chi connectivity index (χ0v) is 13.3. The summed E-state index contributed by atoms with van der Waals surface area (Å²) in [4.78, 5) is 1.36. The summed E-state index contributed by atoms with van der Waals surface area (Å²) in [6.07, 6.45) is 5.25. The number of nitrogens with one attached hydrogen (secondary N) is 1. The molecule has 1 aromatic carbocycles. The Hall–Kier alpha value is -1.26. The van der Waals surface area contributed by atoms with E-state index in [4.69, 9.17) is 0 Å². The van der Waals surface area contributed by atoms with Crippen LogP contribution in [-0.4, -0.2) is 22.6 Å². The third-order valence-electron chi connectivity index (χ3n) is 3.36. The van der Waals surface area contributed by atoms with Gasteiger partial charge in [0.05, 0.1) is 6.20 Å². The van der Waals surface area contributed by atoms with Gasteiger partial charge in [0.25, 0.3) is 0 Å². The monoisotopic (exact) mass is 289 g/mol. The van der Waals surface area contributed by atoms with Gasteiger partial charge >= 0.3 is 0 Å². The highest BCUT2D eigenvalue weighted by molar-refractivity contribution is 7.99. The summed E-state index contributed by atoms with van der Waals surface area (Å²) in [6.45, 7) is 5.32. The highest BCUT2D eigenvalue weighted by Crippen LogP contribution is 2.26. The summed E-state index contributed by atoms with van der Waals surface area (Å²) in [5.74, 6) is 1.01. The Labute approximate surface area is 125 Å². The molecule has 0 aliphatic carbocycles. The van der Waals surface area contributed by atoms with Crippen molar-refractivity contribution in [3.8, 4) is 0 Å². The van der Waals surface area contributed by atoms with E-state index in [2.05, 4.69) is 54.7 Å². The molecular formula is C16H23N3S. The van der Waals surface area contributed by atoms with E-state index in [-0.39, 0.29) is 0 Å². The fraction of sp³-hybridized carbons (Fsp3) is 0.438. The summed E-state index contributed by atoms with van der Waals surface area (Å²) in [5, 5.41) is 7.80. The van der Waals surface area contributed by atoms with E-state index >= 15 is 0 Å². The van der Waals surface area contributed by atoms with E-state index in [1.165, 1.54) is 16.0 Å². The third-order valence-corrected chi connectivity index (χ3v) is 4.62. The Morgan fingerprint density at radius 1 is 1.35 bits per heavy atom. The first-order valence-electron chi connectivity index (χ1n) is 7.12. The molecule has 0 aliphatic heterocycles. The predicted octanol–water partition coefficient (Wildman–Crippen LogP) is 3.65. The molecule has 1 aromatic heterocycles. The molecule has 3 nitrogen and oxygen atoms in total. The quantitative estimate of drug-likeness (QED) is 0.789. The average Bonchev–Trinajstić information content (AvgIpc) is 2.90. The Morgan fingerprint density at radius 3 is 2.85 bits per heavy atom. The van der Waals surface area contributed by atoms with Gasteiger partial charge in [0.15, 0.2) is 0 Å². The van der Waals surface area contributed by atoms with Gasteiger partial charge in [-0.15, -0.1) is 11.8 Å². The zero-order valence-electron chi connectivity index (χ0n) is 12.5. The van der Waals surface area contributed by atoms with E-state index in [9.17, 15) is 0 Å². The van der Waals surface area contributed by atoms with Crippen LogP contribution < -0.4 is 5.32 Å². The van der Waals surface area contributed by atoms with Gasteiger partial charge in [-0.1, -0.05) is 25.1 Å². The van der Waals surface area contributed by atoms with Gasteiger partial charge in [0.1, 0.15) is 0 Å². The minimum Gasteiger partial charge on any atom is -0.312 e. The second kappa shape index (κ2) is 7.50. The molecule has 4 heteroatoms. The molecular weight excluding hydrogens is 266 g/mol. The van der Waals surface area contributed by atoms with Crippen LogP contribution in [0.25, 0.3) is 0 Å². The third kappa shape index (κ3) is 3.87. The number of aromatic nitrogens is 2. The van der Waals surface area contributed by atoms with Gasteiger partial charge in [0, 0.05) is 35.0 Å². The highest BCUT2D eigenvalue weighted by atomic mass is 32.2. The standard InChI is InChI=1S/C16H23N3S/c1-4-9-19-11-14(10-18-19)15(17-3)12-20-16-8-6-5-7-13(16)2/h5-8,10-11,15,17H,4,9,12H2,1-3H3. The fourth-order valence-electron chi connectivity index (χ4n) is 2.15. The number of aryl methyl sites for hydroxylation is 2. The molecule has 0 fully saturated rings. The summed E-state index contributed by atoms with van der Waals surface area (Å²) >= 11 is 1.90. The van der Waals surface area contributed by atoms with Gasteiger partial charge in [0.2, 0.25) is 0 Å². The van der Waals surface area contributed by atoms with Gasteiger partial charge in [-0.2, -0.15) is 5.10 Å². The lowest BCUT2D eigenvalue weighted by molar-refractivity contribution is 0.599. The van der Waals surface area contributed by atoms with Gasteiger partial charge in [-0.05, 0) is 32.0 Å². The molecule has 0 saturated heterocycles. The molecule has 2 rings (SSSR count). The van der Waals surface area contributed by atoms with Crippen LogP contribution in [0.4, 0.5) is 0 Å². The lowest BCUT2D eigenvalue weighted by Gasteiger charge is -2.14. The Kier molecular flexibility index (Phi) is 5.68. The fourth-order valence-corrected chi connectivity index (χ4v) is 3.32. The largest absolute Gasteiger partial charge is 0.312 e. The smallest absolute Gasteiger partial charge is 0.0537 e. The van der Waals surface area contributed by atoms with Crippen LogP contribution in [0.2, 0.25) is 0 Å². The summed E-state index contributed by atoms with van der Waals surface area (Å²) < 4.78 is 2.03. The SMILES string of the molecule is CCCn1cc(C(CSc2ccccc2C)NC)cn1. The van der Waals surface area contributed by atoms with Gasteiger partial charge < -0.3 is 5.32 Å². The van der Waals surface area contributed by atoms with E-state index in [1.807, 2.05) is 29.7 Å². The number of hydrogen-bond acceptors (Lipinski definition) is 3. The van der Waals surface area contributed by atoms with Crippen molar-refractivity contribution in [1.29, 1.82) is 0 Å². The van der Waals surface area contributed by atoms with Crippen LogP contribution in [0, 0.1) is 6.92 Å². The molecule has 108 valence electrons. The maximum Gasteiger partial charge on any atom is 0.0537 e. The number of rotatable bonds is 7. The summed E-state index contributed by atoms with van der Waals surface area (Å²) in [6, 6.07) is 8.88. The van der Waals surface area contributed by atoms with Crippen molar-refractivity contribution in [3.63, 3.8) is 0 Å². The molecule has 0 aliphatic rings. The maximum absolute atomic E-state index is 4.41. The predicted molar refractivity (Wildman–Crippen MR) is 86.2 cm³/mol. The molecule has 0 amide bonds. The van der Waals surface area contributed by atoms with Crippen molar-refractivity contribution in [2.24, 2.45) is 0 Å². The molecule has 1 unspecified atom stereocenters. The molecule has 0 spiro atoms. The number of nitrogens with zero attached hydrogens (tertiary/aromatic N) is 2. The molecule has 0 bridgehead atoms. The molecule has 0 radical (unpaired) electrons. The van der Waals surface area contributed by atoms with E-state index in [1.54, 1.807) is 0 Å². The first-order valence-corrected chi connectivity index (χ1v) is 8.11. The van der Waals surface area contributed by atoms with Crippen LogP contribution >= 0.6 is 11.8 Å². The normalized spacial score (nSPS) is 12.6. The van der Waals surface area contributed by atoms with Crippen molar-refractivity contribution in [1.82, 2.24) is 15.1 Å². The molecule has 0 saturated carbocycles. The van der Waals surface area contributed by atoms with E-state index in [0.29, 0.717) is 6.04 Å². The van der Waals surface area contributed by atoms with Crippen molar-refractivity contribution in [3.05, 3.63) is 47.8 Å². The minimum atomic E-state index is 0.338. The Balaban J connectivity index is 1.99. The average molecular weight is 289 g/mol. The number of hydrogen-bond donors (Lipinski definition) is 1. The van der Waals surface area contributed by atoms with Crippen molar-refractivity contribution >= 4 is 11.8 Å². The maximum atomic E-state index is 4.41. The van der Waals surface area contributed by atoms with Crippen LogP contribution in [0.1, 0.15) is 30.5 Å². The van der Waals surface area contributed by atoms with Crippen LogP contribution in [0.5, 0.6) is 0 Å². The van der Waals surface area contributed by atoms with Crippen LogP contribution in [0.3, 0.4) is 0 Å². The van der Waals surface area contributed by atoms with Crippen LogP contribution in [-0.2, 0) is 6.54 Å². The molecule has 1 N–H and O–H groups in total. The first-order chi connectivity index (χ1) is 9.74. The molecule has 1 heterocycles.